The van der Waals surface area contributed by atoms with Crippen LogP contribution in [0.3, 0.4) is 0 Å². The molecule has 1 amide bonds. The van der Waals surface area contributed by atoms with E-state index in [4.69, 9.17) is 4.42 Å². The van der Waals surface area contributed by atoms with Gasteiger partial charge in [-0.3, -0.25) is 4.79 Å². The summed E-state index contributed by atoms with van der Waals surface area (Å²) in [5.74, 6) is 0.0730. The van der Waals surface area contributed by atoms with E-state index in [0.717, 1.165) is 27.9 Å². The Morgan fingerprint density at radius 3 is 2.89 bits per heavy atom. The minimum Gasteiger partial charge on any atom is -0.458 e. The van der Waals surface area contributed by atoms with Crippen molar-refractivity contribution in [2.45, 2.75) is 13.0 Å². The summed E-state index contributed by atoms with van der Waals surface area (Å²) in [5, 5.41) is 0.878. The van der Waals surface area contributed by atoms with Crippen molar-refractivity contribution in [1.82, 2.24) is 19.9 Å². The van der Waals surface area contributed by atoms with Gasteiger partial charge in [0.1, 0.15) is 18.2 Å². The number of carbonyl (C=O) groups excluding carboxylic acids is 1. The Morgan fingerprint density at radius 1 is 1.29 bits per heavy atom. The standard InChI is InChI=1S/C22H20N4O2/c1-3-11-26(15(2)16-7-5-4-6-8-16)22(27)19-12-17(13-28-19)20-18-9-10-23-21(18)25-14-24-20/h3-10,12-15H,1,11H2,2H3,(H,23,24,25)/t15-/m0/s1. The van der Waals surface area contributed by atoms with E-state index in [9.17, 15) is 4.79 Å². The summed E-state index contributed by atoms with van der Waals surface area (Å²) in [7, 11) is 0. The maximum Gasteiger partial charge on any atom is 0.290 e. The predicted octanol–water partition coefficient (Wildman–Crippen LogP) is 4.61. The molecule has 0 unspecified atom stereocenters. The van der Waals surface area contributed by atoms with Crippen LogP contribution in [0.4, 0.5) is 0 Å². The van der Waals surface area contributed by atoms with Crippen LogP contribution in [0.1, 0.15) is 29.1 Å². The molecule has 1 atom stereocenters. The van der Waals surface area contributed by atoms with Gasteiger partial charge in [0.05, 0.1) is 11.7 Å². The molecule has 6 nitrogen and oxygen atoms in total. The SMILES string of the molecule is C=CCN(C(=O)c1cc(-c2ncnc3[nH]ccc23)co1)[C@@H](C)c1ccccc1. The molecule has 0 spiro atoms. The van der Waals surface area contributed by atoms with E-state index in [1.807, 2.05) is 49.5 Å². The van der Waals surface area contributed by atoms with E-state index >= 15 is 0 Å². The van der Waals surface area contributed by atoms with E-state index in [-0.39, 0.29) is 17.7 Å². The van der Waals surface area contributed by atoms with E-state index in [2.05, 4.69) is 21.5 Å². The van der Waals surface area contributed by atoms with Gasteiger partial charge in [-0.25, -0.2) is 9.97 Å². The number of fused-ring (bicyclic) bond motifs is 1. The smallest absolute Gasteiger partial charge is 0.290 e. The molecule has 0 aliphatic heterocycles. The number of aromatic amines is 1. The first kappa shape index (κ1) is 17.7. The molecule has 28 heavy (non-hydrogen) atoms. The number of amides is 1. The Morgan fingerprint density at radius 2 is 2.11 bits per heavy atom. The van der Waals surface area contributed by atoms with Crippen molar-refractivity contribution in [2.24, 2.45) is 0 Å². The molecular formula is C22H20N4O2. The predicted molar refractivity (Wildman–Crippen MR) is 108 cm³/mol. The highest BCUT2D eigenvalue weighted by Crippen LogP contribution is 2.28. The van der Waals surface area contributed by atoms with Gasteiger partial charge in [-0.15, -0.1) is 6.58 Å². The molecule has 1 aromatic carbocycles. The molecule has 0 saturated carbocycles. The zero-order valence-corrected chi connectivity index (χ0v) is 15.5. The topological polar surface area (TPSA) is 75.0 Å². The minimum atomic E-state index is -0.193. The third-order valence-electron chi connectivity index (χ3n) is 4.77. The number of aromatic nitrogens is 3. The zero-order valence-electron chi connectivity index (χ0n) is 15.5. The van der Waals surface area contributed by atoms with Crippen LogP contribution in [-0.4, -0.2) is 32.3 Å². The fourth-order valence-electron chi connectivity index (χ4n) is 3.28. The van der Waals surface area contributed by atoms with Crippen molar-refractivity contribution in [3.05, 3.63) is 85.2 Å². The average molecular weight is 372 g/mol. The lowest BCUT2D eigenvalue weighted by Crippen LogP contribution is -2.33. The number of nitrogens with zero attached hydrogens (tertiary/aromatic N) is 3. The van der Waals surface area contributed by atoms with Crippen LogP contribution < -0.4 is 0 Å². The molecule has 6 heteroatoms. The molecule has 3 aromatic heterocycles. The van der Waals surface area contributed by atoms with Crippen molar-refractivity contribution in [3.63, 3.8) is 0 Å². The molecule has 3 heterocycles. The van der Waals surface area contributed by atoms with Gasteiger partial charge < -0.3 is 14.3 Å². The van der Waals surface area contributed by atoms with Gasteiger partial charge in [0, 0.05) is 23.7 Å². The highest BCUT2D eigenvalue weighted by molar-refractivity contribution is 5.95. The fraction of sp³-hybridized carbons (Fsp3) is 0.136. The number of nitrogens with one attached hydrogen (secondary N) is 1. The highest BCUT2D eigenvalue weighted by atomic mass is 16.3. The van der Waals surface area contributed by atoms with Crippen LogP contribution in [0.15, 0.2) is 78.3 Å². The summed E-state index contributed by atoms with van der Waals surface area (Å²) in [4.78, 5) is 26.5. The second-order valence-electron chi connectivity index (χ2n) is 6.49. The van der Waals surface area contributed by atoms with Crippen LogP contribution in [0, 0.1) is 0 Å². The largest absolute Gasteiger partial charge is 0.458 e. The first-order valence-electron chi connectivity index (χ1n) is 9.03. The second kappa shape index (κ2) is 7.52. The quantitative estimate of drug-likeness (QED) is 0.502. The van der Waals surface area contributed by atoms with Gasteiger partial charge in [-0.1, -0.05) is 36.4 Å². The van der Waals surface area contributed by atoms with Gasteiger partial charge in [-0.05, 0) is 24.6 Å². The normalized spacial score (nSPS) is 12.0. The first-order chi connectivity index (χ1) is 13.7. The molecule has 0 aliphatic rings. The summed E-state index contributed by atoms with van der Waals surface area (Å²) in [6, 6.07) is 13.4. The number of carbonyl (C=O) groups is 1. The molecule has 0 fully saturated rings. The summed E-state index contributed by atoms with van der Waals surface area (Å²) >= 11 is 0. The first-order valence-corrected chi connectivity index (χ1v) is 9.03. The van der Waals surface area contributed by atoms with Gasteiger partial charge in [0.2, 0.25) is 0 Å². The summed E-state index contributed by atoms with van der Waals surface area (Å²) < 4.78 is 5.62. The van der Waals surface area contributed by atoms with Crippen LogP contribution in [0.25, 0.3) is 22.3 Å². The zero-order chi connectivity index (χ0) is 19.5. The highest BCUT2D eigenvalue weighted by Gasteiger charge is 2.25. The van der Waals surface area contributed by atoms with Crippen LogP contribution in [0.5, 0.6) is 0 Å². The van der Waals surface area contributed by atoms with Crippen LogP contribution in [-0.2, 0) is 0 Å². The fourth-order valence-corrected chi connectivity index (χ4v) is 3.28. The van der Waals surface area contributed by atoms with Crippen molar-refractivity contribution in [3.8, 4) is 11.3 Å². The molecule has 140 valence electrons. The van der Waals surface area contributed by atoms with Gasteiger partial charge in [0.25, 0.3) is 5.91 Å². The Kier molecular flexibility index (Phi) is 4.76. The van der Waals surface area contributed by atoms with Crippen molar-refractivity contribution in [1.29, 1.82) is 0 Å². The second-order valence-corrected chi connectivity index (χ2v) is 6.49. The summed E-state index contributed by atoms with van der Waals surface area (Å²) in [6.07, 6.45) is 6.57. The molecule has 1 N–H and O–H groups in total. The Labute approximate surface area is 162 Å². The van der Waals surface area contributed by atoms with Crippen LogP contribution in [0.2, 0.25) is 0 Å². The van der Waals surface area contributed by atoms with Gasteiger partial charge in [0.15, 0.2) is 5.76 Å². The molecule has 0 aliphatic carbocycles. The van der Waals surface area contributed by atoms with Gasteiger partial charge in [-0.2, -0.15) is 0 Å². The molecule has 0 saturated heterocycles. The maximum atomic E-state index is 13.2. The van der Waals surface area contributed by atoms with E-state index < -0.39 is 0 Å². The molecule has 4 rings (SSSR count). The van der Waals surface area contributed by atoms with Crippen molar-refractivity contribution >= 4 is 16.9 Å². The Balaban J connectivity index is 1.65. The number of benzene rings is 1. The minimum absolute atomic E-state index is 0.115. The average Bonchev–Trinajstić information content (AvgIpc) is 3.41. The molecular weight excluding hydrogens is 352 g/mol. The van der Waals surface area contributed by atoms with Crippen molar-refractivity contribution < 1.29 is 9.21 Å². The van der Waals surface area contributed by atoms with Crippen LogP contribution >= 0.6 is 0 Å². The van der Waals surface area contributed by atoms with Crippen molar-refractivity contribution in [2.75, 3.05) is 6.54 Å². The number of H-pyrrole nitrogens is 1. The monoisotopic (exact) mass is 372 g/mol. The Hall–Kier alpha value is -3.67. The number of furan rings is 1. The third kappa shape index (κ3) is 3.20. The third-order valence-corrected chi connectivity index (χ3v) is 4.77. The lowest BCUT2D eigenvalue weighted by molar-refractivity contribution is 0.0682. The molecule has 0 bridgehead atoms. The van der Waals surface area contributed by atoms with Gasteiger partial charge >= 0.3 is 0 Å². The summed E-state index contributed by atoms with van der Waals surface area (Å²) in [5.41, 5.74) is 3.25. The lowest BCUT2D eigenvalue weighted by atomic mass is 10.1. The molecule has 0 radical (unpaired) electrons. The number of hydrogen-bond donors (Lipinski definition) is 1. The van der Waals surface area contributed by atoms with E-state index in [1.54, 1.807) is 23.3 Å². The van der Waals surface area contributed by atoms with E-state index in [0.29, 0.717) is 6.54 Å². The molecule has 4 aromatic rings. The lowest BCUT2D eigenvalue weighted by Gasteiger charge is -2.27. The maximum absolute atomic E-state index is 13.2. The van der Waals surface area contributed by atoms with E-state index in [1.165, 1.54) is 6.33 Å². The number of hydrogen-bond acceptors (Lipinski definition) is 4. The number of rotatable bonds is 6. The Bertz CT molecular complexity index is 1110. The summed E-state index contributed by atoms with van der Waals surface area (Å²) in [6.45, 7) is 6.20.